The van der Waals surface area contributed by atoms with Crippen LogP contribution in [0.25, 0.3) is 0 Å². The molecular weight excluding hydrogens is 638 g/mol. The van der Waals surface area contributed by atoms with Crippen LogP contribution in [-0.4, -0.2) is 51.9 Å². The van der Waals surface area contributed by atoms with Crippen LogP contribution in [0.5, 0.6) is 0 Å². The zero-order valence-corrected chi connectivity index (χ0v) is 27.4. The van der Waals surface area contributed by atoms with Gasteiger partial charge in [0, 0.05) is 10.0 Å². The molecule has 9 nitrogen and oxygen atoms in total. The molecule has 3 unspecified atom stereocenters. The number of hydrogen-bond acceptors (Lipinski definition) is 6. The predicted octanol–water partition coefficient (Wildman–Crippen LogP) is 5.57. The highest BCUT2D eigenvalue weighted by Gasteiger charge is 2.45. The first-order chi connectivity index (χ1) is 21.7. The summed E-state index contributed by atoms with van der Waals surface area (Å²) in [5.74, 6) is 9.90. The van der Waals surface area contributed by atoms with Crippen LogP contribution in [0, 0.1) is 11.7 Å². The number of hydrazine groups is 1. The number of rotatable bonds is 8. The van der Waals surface area contributed by atoms with Crippen molar-refractivity contribution in [1.82, 2.24) is 10.3 Å². The highest BCUT2D eigenvalue weighted by molar-refractivity contribution is 7.87. The van der Waals surface area contributed by atoms with E-state index in [4.69, 9.17) is 39.6 Å². The van der Waals surface area contributed by atoms with Crippen LogP contribution in [0.2, 0.25) is 10.0 Å². The number of para-hydroxylation sites is 1. The molecule has 1 saturated heterocycles. The zero-order chi connectivity index (χ0) is 32.3. The van der Waals surface area contributed by atoms with Gasteiger partial charge >= 0.3 is 0 Å². The van der Waals surface area contributed by atoms with Crippen molar-refractivity contribution in [3.63, 3.8) is 0 Å². The maximum Gasteiger partial charge on any atom is 0.249 e. The standard InChI is InChI=1S/C24H26ClFN2O3S.C6H5Cl.C2H8N4/c25-18-9-7-17(8-10-18)23-14-31-15-24(29)28(23)22(16-5-6-16)13-27(32(30)19-11-12-19)21-4-2-1-3-20(21)26;7-6-4-2-1-3-5-6;1-2(5-3)6-4/h1-4,7-10,16,19,22-23H,5-6,11-15H2;1-5H;3-4H2,1H3,(H,5,6). The molecule has 3 aromatic carbocycles. The second-order valence-electron chi connectivity index (χ2n) is 10.9. The van der Waals surface area contributed by atoms with E-state index in [1.807, 2.05) is 59.5 Å². The minimum absolute atomic E-state index is 0.0265. The number of morpholine rings is 1. The normalized spacial score (nSPS) is 19.3. The number of hydrogen-bond donors (Lipinski definition) is 3. The largest absolute Gasteiger partial charge is 0.369 e. The lowest BCUT2D eigenvalue weighted by molar-refractivity contribution is -0.152. The third-order valence-corrected chi connectivity index (χ3v) is 9.87. The molecule has 1 amide bonds. The van der Waals surface area contributed by atoms with Crippen molar-refractivity contribution in [2.45, 2.75) is 49.9 Å². The van der Waals surface area contributed by atoms with Crippen molar-refractivity contribution in [3.05, 3.63) is 100 Å². The Bertz CT molecular complexity index is 1440. The number of carbonyl (C=O) groups is 1. The van der Waals surface area contributed by atoms with Gasteiger partial charge in [-0.05, 0) is 80.5 Å². The Morgan fingerprint density at radius 3 is 2.18 bits per heavy atom. The van der Waals surface area contributed by atoms with E-state index in [1.54, 1.807) is 29.4 Å². The maximum absolute atomic E-state index is 14.8. The van der Waals surface area contributed by atoms with E-state index in [2.05, 4.69) is 10.5 Å². The van der Waals surface area contributed by atoms with Gasteiger partial charge in [-0.2, -0.15) is 5.10 Å². The van der Waals surface area contributed by atoms with E-state index in [1.165, 1.54) is 6.07 Å². The van der Waals surface area contributed by atoms with E-state index in [-0.39, 0.29) is 29.8 Å². The first kappa shape index (κ1) is 34.6. The number of nitrogens with two attached hydrogens (primary N) is 2. The monoisotopic (exact) mass is 676 g/mol. The van der Waals surface area contributed by atoms with Crippen LogP contribution >= 0.6 is 23.2 Å². The number of anilines is 1. The maximum atomic E-state index is 14.8. The molecule has 2 aliphatic carbocycles. The Kier molecular flexibility index (Phi) is 13.0. The summed E-state index contributed by atoms with van der Waals surface area (Å²) in [5.41, 5.74) is 3.53. The van der Waals surface area contributed by atoms with Gasteiger partial charge < -0.3 is 20.9 Å². The van der Waals surface area contributed by atoms with Gasteiger partial charge in [-0.1, -0.05) is 65.7 Å². The van der Waals surface area contributed by atoms with Gasteiger partial charge in [-0.25, -0.2) is 14.4 Å². The highest BCUT2D eigenvalue weighted by Crippen LogP contribution is 2.42. The molecule has 0 radical (unpaired) electrons. The average Bonchev–Trinajstić information content (AvgIpc) is 3.98. The van der Waals surface area contributed by atoms with E-state index in [0.717, 1.165) is 36.3 Å². The summed E-state index contributed by atoms with van der Waals surface area (Å²) < 4.78 is 35.4. The molecule has 45 heavy (non-hydrogen) atoms. The SMILES string of the molecule is C/C(=N/N)NN.Clc1ccccc1.O=C1COCC(c2ccc(Cl)cc2)N1C(CN(c1ccccc1F)S(=O)C1CC1)C1CC1. The van der Waals surface area contributed by atoms with Crippen molar-refractivity contribution >= 4 is 51.6 Å². The van der Waals surface area contributed by atoms with E-state index in [0.29, 0.717) is 35.6 Å². The van der Waals surface area contributed by atoms with E-state index >= 15 is 0 Å². The fourth-order valence-electron chi connectivity index (χ4n) is 4.88. The fraction of sp³-hybridized carbons (Fsp3) is 0.375. The van der Waals surface area contributed by atoms with Crippen molar-refractivity contribution in [1.29, 1.82) is 0 Å². The third kappa shape index (κ3) is 10.1. The molecule has 3 fully saturated rings. The van der Waals surface area contributed by atoms with Gasteiger partial charge in [0.25, 0.3) is 0 Å². The number of nitrogens with zero attached hydrogens (tertiary/aromatic N) is 3. The molecule has 6 rings (SSSR count). The van der Waals surface area contributed by atoms with Crippen molar-refractivity contribution < 1.29 is 18.1 Å². The Labute approximate surface area is 276 Å². The molecule has 3 atom stereocenters. The number of benzene rings is 3. The van der Waals surface area contributed by atoms with Gasteiger partial charge in [-0.3, -0.25) is 9.10 Å². The lowest BCUT2D eigenvalue weighted by Gasteiger charge is -2.43. The van der Waals surface area contributed by atoms with Crippen LogP contribution in [0.4, 0.5) is 10.1 Å². The predicted molar refractivity (Wildman–Crippen MR) is 179 cm³/mol. The number of hydrazone groups is 1. The Morgan fingerprint density at radius 2 is 1.67 bits per heavy atom. The third-order valence-electron chi connectivity index (χ3n) is 7.54. The molecule has 3 aliphatic rings. The zero-order valence-electron chi connectivity index (χ0n) is 25.0. The van der Waals surface area contributed by atoms with Crippen molar-refractivity contribution in [2.75, 3.05) is 24.1 Å². The van der Waals surface area contributed by atoms with Crippen LogP contribution in [0.1, 0.15) is 44.2 Å². The lowest BCUT2D eigenvalue weighted by Crippen LogP contribution is -2.54. The summed E-state index contributed by atoms with van der Waals surface area (Å²) in [6.07, 6.45) is 3.78. The molecule has 0 spiro atoms. The molecule has 0 bridgehead atoms. The van der Waals surface area contributed by atoms with Gasteiger partial charge in [0.15, 0.2) is 0 Å². The highest BCUT2D eigenvalue weighted by atomic mass is 35.5. The smallest absolute Gasteiger partial charge is 0.249 e. The van der Waals surface area contributed by atoms with Crippen LogP contribution in [0.3, 0.4) is 0 Å². The minimum Gasteiger partial charge on any atom is -0.369 e. The molecule has 3 aromatic rings. The van der Waals surface area contributed by atoms with Crippen molar-refractivity contribution in [2.24, 2.45) is 22.7 Å². The molecule has 1 heterocycles. The second kappa shape index (κ2) is 16.9. The van der Waals surface area contributed by atoms with Crippen LogP contribution < -0.4 is 21.4 Å². The quantitative estimate of drug-likeness (QED) is 0.124. The molecule has 1 aliphatic heterocycles. The van der Waals surface area contributed by atoms with Crippen LogP contribution in [-0.2, 0) is 20.5 Å². The summed E-state index contributed by atoms with van der Waals surface area (Å²) in [4.78, 5) is 15.0. The summed E-state index contributed by atoms with van der Waals surface area (Å²) in [5, 5.41) is 4.67. The molecule has 2 saturated carbocycles. The number of nitrogens with one attached hydrogen (secondary N) is 1. The van der Waals surface area contributed by atoms with Gasteiger partial charge in [0.05, 0.1) is 36.2 Å². The molecule has 0 aromatic heterocycles. The Morgan fingerprint density at radius 1 is 1.04 bits per heavy atom. The number of amides is 1. The van der Waals surface area contributed by atoms with Gasteiger partial charge in [0.2, 0.25) is 5.91 Å². The summed E-state index contributed by atoms with van der Waals surface area (Å²) in [7, 11) is -1.34. The summed E-state index contributed by atoms with van der Waals surface area (Å²) in [6.45, 7) is 2.42. The number of ether oxygens (including phenoxy) is 1. The second-order valence-corrected chi connectivity index (χ2v) is 13.5. The number of halogens is 3. The van der Waals surface area contributed by atoms with Crippen LogP contribution in [0.15, 0.2) is 84.0 Å². The van der Waals surface area contributed by atoms with E-state index < -0.39 is 16.8 Å². The van der Waals surface area contributed by atoms with Gasteiger partial charge in [-0.15, -0.1) is 0 Å². The summed E-state index contributed by atoms with van der Waals surface area (Å²) >= 11 is 11.6. The number of carbonyl (C=O) groups excluding carboxylic acids is 1. The molecule has 242 valence electrons. The summed E-state index contributed by atoms with van der Waals surface area (Å²) in [6, 6.07) is 23.0. The lowest BCUT2D eigenvalue weighted by atomic mass is 10.00. The molecule has 13 heteroatoms. The minimum atomic E-state index is -1.34. The average molecular weight is 678 g/mol. The first-order valence-electron chi connectivity index (χ1n) is 14.7. The topological polar surface area (TPSA) is 126 Å². The Balaban J connectivity index is 0.000000296. The molecular formula is C32H39Cl2FN6O3S. The Hall–Kier alpha value is -3.22. The number of amidine groups is 1. The van der Waals surface area contributed by atoms with Gasteiger partial charge in [0.1, 0.15) is 29.2 Å². The van der Waals surface area contributed by atoms with Crippen molar-refractivity contribution in [3.8, 4) is 0 Å². The van der Waals surface area contributed by atoms with E-state index in [9.17, 15) is 13.4 Å². The first-order valence-corrected chi connectivity index (χ1v) is 16.6. The fourth-order valence-corrected chi connectivity index (χ4v) is 6.70. The molecule has 5 N–H and O–H groups in total.